The van der Waals surface area contributed by atoms with Crippen molar-refractivity contribution in [2.75, 3.05) is 4.90 Å². The Labute approximate surface area is 322 Å². The summed E-state index contributed by atoms with van der Waals surface area (Å²) in [5, 5.41) is 7.39. The van der Waals surface area contributed by atoms with E-state index in [1.807, 2.05) is 30.6 Å². The van der Waals surface area contributed by atoms with Gasteiger partial charge in [-0.05, 0) is 128 Å². The van der Waals surface area contributed by atoms with Crippen LogP contribution in [0.4, 0.5) is 17.1 Å². The summed E-state index contributed by atoms with van der Waals surface area (Å²) in [6, 6.07) is 60.0. The molecule has 0 amide bonds. The number of hydrogen-bond acceptors (Lipinski definition) is 4. The van der Waals surface area contributed by atoms with Crippen LogP contribution < -0.4 is 4.90 Å². The van der Waals surface area contributed by atoms with Gasteiger partial charge in [-0.3, -0.25) is 9.97 Å². The van der Waals surface area contributed by atoms with Crippen molar-refractivity contribution in [2.24, 2.45) is 0 Å². The van der Waals surface area contributed by atoms with E-state index in [1.54, 1.807) is 18.5 Å². The van der Waals surface area contributed by atoms with Gasteiger partial charge in [0.05, 0.1) is 0 Å². The molecule has 4 nitrogen and oxygen atoms in total. The molecule has 2 heterocycles. The molecule has 0 fully saturated rings. The lowest BCUT2D eigenvalue weighted by atomic mass is 9.97. The summed E-state index contributed by atoms with van der Waals surface area (Å²) in [6.45, 7) is 4.23. The first-order chi connectivity index (χ1) is 27.1. The van der Waals surface area contributed by atoms with Crippen LogP contribution in [0, 0.1) is 5.41 Å². The van der Waals surface area contributed by atoms with Gasteiger partial charge in [-0.25, -0.2) is 0 Å². The van der Waals surface area contributed by atoms with Gasteiger partial charge in [-0.1, -0.05) is 116 Å². The summed E-state index contributed by atoms with van der Waals surface area (Å²) >= 11 is 0. The normalized spacial score (nSPS) is 11.0. The van der Waals surface area contributed by atoms with Gasteiger partial charge >= 0.3 is 0 Å². The highest BCUT2D eigenvalue weighted by Crippen LogP contribution is 2.40. The molecule has 4 heteroatoms. The third kappa shape index (κ3) is 7.85. The Bertz CT molecular complexity index is 2520. The van der Waals surface area contributed by atoms with Crippen molar-refractivity contribution in [1.82, 2.24) is 9.97 Å². The fourth-order valence-electron chi connectivity index (χ4n) is 6.90. The molecule has 262 valence electrons. The van der Waals surface area contributed by atoms with E-state index in [0.717, 1.165) is 83.8 Å². The van der Waals surface area contributed by atoms with Crippen LogP contribution in [0.2, 0.25) is 0 Å². The summed E-state index contributed by atoms with van der Waals surface area (Å²) in [6.07, 6.45) is 12.2. The van der Waals surface area contributed by atoms with Gasteiger partial charge in [-0.2, -0.15) is 0 Å². The van der Waals surface area contributed by atoms with Crippen LogP contribution in [0.3, 0.4) is 0 Å². The average Bonchev–Trinajstić information content (AvgIpc) is 3.27. The lowest BCUT2D eigenvalue weighted by molar-refractivity contribution is 1.28. The van der Waals surface area contributed by atoms with E-state index >= 15 is 0 Å². The predicted octanol–water partition coefficient (Wildman–Crippen LogP) is 13.5. The molecule has 0 saturated heterocycles. The zero-order valence-corrected chi connectivity index (χ0v) is 30.3. The fraction of sp³-hybridized carbons (Fsp3) is 0. The van der Waals surface area contributed by atoms with Crippen LogP contribution in [-0.4, -0.2) is 16.2 Å². The maximum absolute atomic E-state index is 7.39. The summed E-state index contributed by atoms with van der Waals surface area (Å²) in [5.41, 5.74) is 16.1. The molecule has 0 unspecified atom stereocenters. The lowest BCUT2D eigenvalue weighted by Crippen LogP contribution is -2.10. The highest BCUT2D eigenvalue weighted by molar-refractivity contribution is 5.86. The summed E-state index contributed by atoms with van der Waals surface area (Å²) < 4.78 is 0. The fourth-order valence-corrected chi connectivity index (χ4v) is 6.90. The van der Waals surface area contributed by atoms with Crippen LogP contribution in [0.1, 0.15) is 5.56 Å². The molecule has 8 rings (SSSR count). The smallest absolute Gasteiger partial charge is 0.0467 e. The first-order valence-corrected chi connectivity index (χ1v) is 18.2. The van der Waals surface area contributed by atoms with Gasteiger partial charge in [0.25, 0.3) is 0 Å². The third-order valence-electron chi connectivity index (χ3n) is 9.65. The molecule has 2 aromatic heterocycles. The number of allylic oxidation sites excluding steroid dienone is 3. The van der Waals surface area contributed by atoms with Crippen molar-refractivity contribution >= 4 is 28.8 Å². The zero-order valence-electron chi connectivity index (χ0n) is 30.3. The van der Waals surface area contributed by atoms with E-state index in [0.29, 0.717) is 0 Å². The van der Waals surface area contributed by atoms with E-state index in [-0.39, 0.29) is 0 Å². The lowest BCUT2D eigenvalue weighted by Gasteiger charge is -2.27. The molecule has 0 aliphatic heterocycles. The number of nitrogens with one attached hydrogen (secondary N) is 1. The molecular weight excluding hydrogens is 669 g/mol. The molecule has 0 radical (unpaired) electrons. The number of anilines is 3. The Balaban J connectivity index is 1.23. The monoisotopic (exact) mass is 706 g/mol. The molecule has 0 aliphatic carbocycles. The Morgan fingerprint density at radius 3 is 1.22 bits per heavy atom. The summed E-state index contributed by atoms with van der Waals surface area (Å²) in [4.78, 5) is 11.0. The van der Waals surface area contributed by atoms with Crippen LogP contribution >= 0.6 is 0 Å². The largest absolute Gasteiger partial charge is 0.310 e. The van der Waals surface area contributed by atoms with E-state index in [4.69, 9.17) is 5.41 Å². The zero-order chi connectivity index (χ0) is 37.4. The number of nitrogens with zero attached hydrogens (tertiary/aromatic N) is 3. The van der Waals surface area contributed by atoms with Crippen molar-refractivity contribution < 1.29 is 0 Å². The first kappa shape index (κ1) is 34.6. The Morgan fingerprint density at radius 1 is 0.436 bits per heavy atom. The summed E-state index contributed by atoms with van der Waals surface area (Å²) in [7, 11) is 0. The first-order valence-electron chi connectivity index (χ1n) is 18.2. The second-order valence-corrected chi connectivity index (χ2v) is 13.3. The van der Waals surface area contributed by atoms with Crippen LogP contribution in [-0.2, 0) is 0 Å². The second-order valence-electron chi connectivity index (χ2n) is 13.3. The van der Waals surface area contributed by atoms with Crippen molar-refractivity contribution in [2.45, 2.75) is 0 Å². The number of hydrogen-bond donors (Lipinski definition) is 1. The van der Waals surface area contributed by atoms with Gasteiger partial charge in [0.2, 0.25) is 0 Å². The Morgan fingerprint density at radius 2 is 0.800 bits per heavy atom. The molecule has 55 heavy (non-hydrogen) atoms. The second kappa shape index (κ2) is 16.1. The van der Waals surface area contributed by atoms with Gasteiger partial charge in [0.15, 0.2) is 0 Å². The topological polar surface area (TPSA) is 52.9 Å². The number of benzene rings is 6. The van der Waals surface area contributed by atoms with Gasteiger partial charge in [0, 0.05) is 59.2 Å². The number of aromatic nitrogens is 2. The molecule has 6 aromatic carbocycles. The minimum absolute atomic E-state index is 0.858. The maximum atomic E-state index is 7.39. The van der Waals surface area contributed by atoms with E-state index < -0.39 is 0 Å². The van der Waals surface area contributed by atoms with Crippen molar-refractivity contribution in [3.63, 3.8) is 0 Å². The highest BCUT2D eigenvalue weighted by Gasteiger charge is 2.16. The van der Waals surface area contributed by atoms with Crippen LogP contribution in [0.5, 0.6) is 0 Å². The predicted molar refractivity (Wildman–Crippen MR) is 231 cm³/mol. The van der Waals surface area contributed by atoms with Crippen molar-refractivity contribution in [3.05, 3.63) is 219 Å². The van der Waals surface area contributed by atoms with Crippen LogP contribution in [0.25, 0.3) is 61.2 Å². The molecule has 0 spiro atoms. The number of pyridine rings is 2. The van der Waals surface area contributed by atoms with Crippen molar-refractivity contribution in [1.29, 1.82) is 5.41 Å². The third-order valence-corrected chi connectivity index (χ3v) is 9.65. The highest BCUT2D eigenvalue weighted by atomic mass is 15.1. The molecule has 0 atom stereocenters. The quantitative estimate of drug-likeness (QED) is 0.108. The van der Waals surface area contributed by atoms with Gasteiger partial charge < -0.3 is 10.3 Å². The van der Waals surface area contributed by atoms with E-state index in [1.165, 1.54) is 6.21 Å². The summed E-state index contributed by atoms with van der Waals surface area (Å²) in [5.74, 6) is 0. The number of rotatable bonds is 11. The van der Waals surface area contributed by atoms with Gasteiger partial charge in [-0.15, -0.1) is 0 Å². The Kier molecular flexibility index (Phi) is 10.1. The van der Waals surface area contributed by atoms with Crippen LogP contribution in [0.15, 0.2) is 213 Å². The molecule has 1 N–H and O–H groups in total. The minimum atomic E-state index is 0.858. The van der Waals surface area contributed by atoms with Crippen molar-refractivity contribution in [3.8, 4) is 55.6 Å². The molecule has 0 saturated carbocycles. The van der Waals surface area contributed by atoms with E-state index in [9.17, 15) is 0 Å². The molecule has 8 aromatic rings. The SMILES string of the molecule is C=C(/C=C\C=N)c1cccc(-c2cccc(N(c3cccc(-c4cccc(-c5cccnc5)c4)c3)c3cccc(-c4cccc(-c5cccnc5)c4)c3)c2)c1. The maximum Gasteiger partial charge on any atom is 0.0467 e. The molecule has 0 bridgehead atoms. The van der Waals surface area contributed by atoms with Gasteiger partial charge in [0.1, 0.15) is 0 Å². The van der Waals surface area contributed by atoms with E-state index in [2.05, 4.69) is 179 Å². The standard InChI is InChI=1S/C51H38N4/c1-37(11-8-26-52)38-12-2-13-39(29-38)44-18-5-23-49(32-44)55(50-24-6-19-45(33-50)40-14-3-16-42(30-40)47-21-9-27-53-35-47)51-25-7-20-46(34-51)41-15-4-17-43(31-41)48-22-10-28-54-36-48/h2-36,52H,1H2/b11-8-,52-26?. The molecular formula is C51H38N4. The Hall–Kier alpha value is -7.43. The molecule has 0 aliphatic rings. The average molecular weight is 707 g/mol. The minimum Gasteiger partial charge on any atom is -0.310 e.